The van der Waals surface area contributed by atoms with Crippen molar-refractivity contribution in [2.45, 2.75) is 46.1 Å². The van der Waals surface area contributed by atoms with Crippen LogP contribution < -0.4 is 9.62 Å². The Kier molecular flexibility index (Phi) is 10.4. The highest BCUT2D eigenvalue weighted by atomic mass is 35.5. The number of sulfonamides is 1. The van der Waals surface area contributed by atoms with Gasteiger partial charge in [-0.3, -0.25) is 13.9 Å². The third-order valence-corrected chi connectivity index (χ3v) is 6.89. The van der Waals surface area contributed by atoms with Crippen LogP contribution in [0.1, 0.15) is 37.8 Å². The predicted molar refractivity (Wildman–Crippen MR) is 138 cm³/mol. The summed E-state index contributed by atoms with van der Waals surface area (Å²) in [6, 6.07) is 13.8. The van der Waals surface area contributed by atoms with Gasteiger partial charge in [-0.15, -0.1) is 0 Å². The largest absolute Gasteiger partial charge is 0.354 e. The number of anilines is 1. The predicted octanol–water partition coefficient (Wildman–Crippen LogP) is 3.79. The molecule has 186 valence electrons. The average Bonchev–Trinajstić information content (AvgIpc) is 2.79. The van der Waals surface area contributed by atoms with Gasteiger partial charge in [0.15, 0.2) is 0 Å². The van der Waals surface area contributed by atoms with Crippen LogP contribution in [0, 0.1) is 6.92 Å². The molecule has 2 rings (SSSR count). The highest BCUT2D eigenvalue weighted by Gasteiger charge is 2.31. The van der Waals surface area contributed by atoms with E-state index in [1.165, 1.54) is 4.90 Å². The van der Waals surface area contributed by atoms with Crippen LogP contribution in [-0.4, -0.2) is 57.1 Å². The topological polar surface area (TPSA) is 86.8 Å². The third-order valence-electron chi connectivity index (χ3n) is 5.53. The molecule has 1 atom stereocenters. The van der Waals surface area contributed by atoms with Crippen LogP contribution in [0.3, 0.4) is 0 Å². The van der Waals surface area contributed by atoms with Crippen LogP contribution in [0.2, 0.25) is 5.02 Å². The molecule has 0 aromatic heterocycles. The molecule has 0 aliphatic rings. The number of rotatable bonds is 12. The van der Waals surface area contributed by atoms with Gasteiger partial charge in [0.1, 0.15) is 12.6 Å². The molecule has 0 aliphatic carbocycles. The maximum Gasteiger partial charge on any atom is 0.244 e. The summed E-state index contributed by atoms with van der Waals surface area (Å²) < 4.78 is 26.4. The van der Waals surface area contributed by atoms with Crippen molar-refractivity contribution in [2.24, 2.45) is 0 Å². The summed E-state index contributed by atoms with van der Waals surface area (Å²) >= 11 is 6.04. The molecule has 0 aliphatic heterocycles. The Morgan fingerprint density at radius 1 is 1.09 bits per heavy atom. The SMILES string of the molecule is CCCNC(=O)[C@H](CC)N(CCc1ccccc1)C(=O)CN(c1ccc(Cl)cc1C)S(C)(=O)=O. The molecule has 7 nitrogen and oxygen atoms in total. The number of amides is 2. The first kappa shape index (κ1) is 27.7. The Balaban J connectivity index is 2.37. The van der Waals surface area contributed by atoms with E-state index >= 15 is 0 Å². The van der Waals surface area contributed by atoms with Gasteiger partial charge < -0.3 is 10.2 Å². The molecule has 0 radical (unpaired) electrons. The lowest BCUT2D eigenvalue weighted by molar-refractivity contribution is -0.139. The van der Waals surface area contributed by atoms with Crippen molar-refractivity contribution >= 4 is 39.1 Å². The molecular formula is C25H34ClN3O4S. The fraction of sp³-hybridized carbons (Fsp3) is 0.440. The summed E-state index contributed by atoms with van der Waals surface area (Å²) in [5.74, 6) is -0.673. The number of carbonyl (C=O) groups is 2. The molecule has 1 N–H and O–H groups in total. The zero-order chi connectivity index (χ0) is 25.3. The van der Waals surface area contributed by atoms with Gasteiger partial charge in [0.2, 0.25) is 21.8 Å². The Labute approximate surface area is 208 Å². The van der Waals surface area contributed by atoms with Crippen LogP contribution >= 0.6 is 11.6 Å². The van der Waals surface area contributed by atoms with E-state index in [0.29, 0.717) is 35.7 Å². The first-order valence-electron chi connectivity index (χ1n) is 11.4. The van der Waals surface area contributed by atoms with Gasteiger partial charge in [-0.2, -0.15) is 0 Å². The van der Waals surface area contributed by atoms with Crippen molar-refractivity contribution < 1.29 is 18.0 Å². The van der Waals surface area contributed by atoms with Gasteiger partial charge in [0.05, 0.1) is 11.9 Å². The fourth-order valence-electron chi connectivity index (χ4n) is 3.76. The lowest BCUT2D eigenvalue weighted by Gasteiger charge is -2.33. The first-order valence-corrected chi connectivity index (χ1v) is 13.7. The molecule has 0 saturated carbocycles. The summed E-state index contributed by atoms with van der Waals surface area (Å²) in [6.07, 6.45) is 2.80. The molecule has 0 unspecified atom stereocenters. The zero-order valence-corrected chi connectivity index (χ0v) is 21.8. The standard InChI is InChI=1S/C25H34ClN3O4S/c1-5-15-27-25(31)22(6-2)28(16-14-20-10-8-7-9-11-20)24(30)18-29(34(4,32)33)23-13-12-21(26)17-19(23)3/h7-13,17,22H,5-6,14-16,18H2,1-4H3,(H,27,31)/t22-/m0/s1. The van der Waals surface area contributed by atoms with Gasteiger partial charge in [-0.25, -0.2) is 8.42 Å². The minimum atomic E-state index is -3.77. The second-order valence-electron chi connectivity index (χ2n) is 8.24. The Bertz CT molecular complexity index is 1080. The summed E-state index contributed by atoms with van der Waals surface area (Å²) in [5, 5.41) is 3.34. The molecule has 9 heteroatoms. The molecule has 2 aromatic rings. The number of hydrogen-bond acceptors (Lipinski definition) is 4. The zero-order valence-electron chi connectivity index (χ0n) is 20.3. The van der Waals surface area contributed by atoms with Crippen LogP contribution in [0.5, 0.6) is 0 Å². The van der Waals surface area contributed by atoms with Gasteiger partial charge >= 0.3 is 0 Å². The third kappa shape index (κ3) is 7.74. The lowest BCUT2D eigenvalue weighted by atomic mass is 10.1. The quantitative estimate of drug-likeness (QED) is 0.473. The van der Waals surface area contributed by atoms with E-state index in [-0.39, 0.29) is 12.5 Å². The number of halogens is 1. The van der Waals surface area contributed by atoms with E-state index in [0.717, 1.165) is 22.5 Å². The van der Waals surface area contributed by atoms with Crippen LogP contribution in [0.15, 0.2) is 48.5 Å². The fourth-order valence-corrected chi connectivity index (χ4v) is 4.89. The molecule has 34 heavy (non-hydrogen) atoms. The van der Waals surface area contributed by atoms with Gasteiger partial charge in [-0.1, -0.05) is 55.8 Å². The molecule has 0 saturated heterocycles. The molecule has 2 aromatic carbocycles. The number of aryl methyl sites for hydroxylation is 1. The number of nitrogens with zero attached hydrogens (tertiary/aromatic N) is 2. The van der Waals surface area contributed by atoms with Crippen molar-refractivity contribution in [3.05, 3.63) is 64.7 Å². The maximum atomic E-state index is 13.6. The highest BCUT2D eigenvalue weighted by molar-refractivity contribution is 7.92. The number of benzene rings is 2. The smallest absolute Gasteiger partial charge is 0.244 e. The van der Waals surface area contributed by atoms with Crippen molar-refractivity contribution in [3.8, 4) is 0 Å². The van der Waals surface area contributed by atoms with Crippen LogP contribution in [-0.2, 0) is 26.0 Å². The van der Waals surface area contributed by atoms with Crippen LogP contribution in [0.25, 0.3) is 0 Å². The van der Waals surface area contributed by atoms with Crippen molar-refractivity contribution in [1.82, 2.24) is 10.2 Å². The van der Waals surface area contributed by atoms with E-state index in [1.54, 1.807) is 25.1 Å². The maximum absolute atomic E-state index is 13.6. The molecule has 2 amide bonds. The van der Waals surface area contributed by atoms with Crippen molar-refractivity contribution in [3.63, 3.8) is 0 Å². The molecule has 0 fully saturated rings. The molecular weight excluding hydrogens is 474 g/mol. The lowest BCUT2D eigenvalue weighted by Crippen LogP contribution is -2.53. The van der Waals surface area contributed by atoms with Gasteiger partial charge in [0, 0.05) is 18.1 Å². The summed E-state index contributed by atoms with van der Waals surface area (Å²) in [5.41, 5.74) is 2.04. The Morgan fingerprint density at radius 2 is 1.76 bits per heavy atom. The van der Waals surface area contributed by atoms with E-state index < -0.39 is 28.5 Å². The number of nitrogens with one attached hydrogen (secondary N) is 1. The molecule has 0 spiro atoms. The average molecular weight is 508 g/mol. The normalized spacial score (nSPS) is 12.1. The summed E-state index contributed by atoms with van der Waals surface area (Å²) in [4.78, 5) is 28.0. The summed E-state index contributed by atoms with van der Waals surface area (Å²) in [7, 11) is -3.77. The van der Waals surface area contributed by atoms with E-state index in [1.807, 2.05) is 44.2 Å². The molecule has 0 bridgehead atoms. The van der Waals surface area contributed by atoms with Crippen molar-refractivity contribution in [1.29, 1.82) is 0 Å². The molecule has 0 heterocycles. The minimum absolute atomic E-state index is 0.237. The first-order chi connectivity index (χ1) is 16.1. The minimum Gasteiger partial charge on any atom is -0.354 e. The Morgan fingerprint density at radius 3 is 2.32 bits per heavy atom. The number of carbonyl (C=O) groups excluding carboxylic acids is 2. The van der Waals surface area contributed by atoms with Gasteiger partial charge in [-0.05, 0) is 55.5 Å². The van der Waals surface area contributed by atoms with Crippen molar-refractivity contribution in [2.75, 3.05) is 30.2 Å². The van der Waals surface area contributed by atoms with Gasteiger partial charge in [0.25, 0.3) is 0 Å². The monoisotopic (exact) mass is 507 g/mol. The van der Waals surface area contributed by atoms with E-state index in [4.69, 9.17) is 11.6 Å². The Hall–Kier alpha value is -2.58. The van der Waals surface area contributed by atoms with E-state index in [9.17, 15) is 18.0 Å². The number of hydrogen-bond donors (Lipinski definition) is 1. The second kappa shape index (κ2) is 12.8. The van der Waals surface area contributed by atoms with E-state index in [2.05, 4.69) is 5.32 Å². The second-order valence-corrected chi connectivity index (χ2v) is 10.6. The van der Waals surface area contributed by atoms with Crippen LogP contribution in [0.4, 0.5) is 5.69 Å². The highest BCUT2D eigenvalue weighted by Crippen LogP contribution is 2.26. The summed E-state index contributed by atoms with van der Waals surface area (Å²) in [6.45, 7) is 5.93.